The van der Waals surface area contributed by atoms with Crippen molar-refractivity contribution >= 4 is 0 Å². The summed E-state index contributed by atoms with van der Waals surface area (Å²) in [6.07, 6.45) is 10.5. The Kier molecular flexibility index (Phi) is 6.53. The van der Waals surface area contributed by atoms with Crippen molar-refractivity contribution in [2.45, 2.75) is 77.2 Å². The molecule has 0 saturated heterocycles. The smallest absolute Gasteiger partial charge is 0.0899 e. The van der Waals surface area contributed by atoms with Gasteiger partial charge in [0, 0.05) is 0 Å². The maximum absolute atomic E-state index is 11.4. The maximum atomic E-state index is 11.4. The van der Waals surface area contributed by atoms with Gasteiger partial charge in [-0.2, -0.15) is 0 Å². The number of hydrogen-bond acceptors (Lipinski definition) is 1. The summed E-state index contributed by atoms with van der Waals surface area (Å²) < 4.78 is 0. The molecular formula is C25H34O. The highest BCUT2D eigenvalue weighted by Gasteiger charge is 2.35. The molecule has 1 atom stereocenters. The normalized spacial score (nSPS) is 17.8. The van der Waals surface area contributed by atoms with E-state index in [0.29, 0.717) is 5.92 Å². The van der Waals surface area contributed by atoms with Crippen LogP contribution in [0.25, 0.3) is 0 Å². The second-order valence-corrected chi connectivity index (χ2v) is 8.21. The van der Waals surface area contributed by atoms with E-state index in [9.17, 15) is 5.11 Å². The molecule has 0 heterocycles. The van der Waals surface area contributed by atoms with Crippen LogP contribution in [0.15, 0.2) is 48.5 Å². The van der Waals surface area contributed by atoms with E-state index < -0.39 is 5.60 Å². The SMILES string of the molecule is CCCc1ccc(CCc2ccccc2C(C)(O)C2CCCCC2)cc1. The molecule has 0 aromatic heterocycles. The summed E-state index contributed by atoms with van der Waals surface area (Å²) in [6, 6.07) is 17.6. The van der Waals surface area contributed by atoms with Gasteiger partial charge in [-0.1, -0.05) is 81.1 Å². The Bertz CT molecular complexity index is 678. The van der Waals surface area contributed by atoms with E-state index >= 15 is 0 Å². The minimum atomic E-state index is -0.706. The third-order valence-electron chi connectivity index (χ3n) is 6.21. The highest BCUT2D eigenvalue weighted by atomic mass is 16.3. The zero-order chi connectivity index (χ0) is 18.4. The minimum absolute atomic E-state index is 0.394. The molecule has 1 aliphatic rings. The van der Waals surface area contributed by atoms with Gasteiger partial charge in [-0.25, -0.2) is 0 Å². The van der Waals surface area contributed by atoms with E-state index in [1.807, 2.05) is 6.92 Å². The Labute approximate surface area is 159 Å². The Morgan fingerprint density at radius 3 is 2.12 bits per heavy atom. The van der Waals surface area contributed by atoms with E-state index in [1.165, 1.54) is 42.4 Å². The molecule has 1 saturated carbocycles. The predicted molar refractivity (Wildman–Crippen MR) is 110 cm³/mol. The minimum Gasteiger partial charge on any atom is -0.385 e. The fourth-order valence-corrected chi connectivity index (χ4v) is 4.56. The van der Waals surface area contributed by atoms with Crippen molar-refractivity contribution in [3.8, 4) is 0 Å². The predicted octanol–water partition coefficient (Wildman–Crippen LogP) is 6.21. The van der Waals surface area contributed by atoms with Gasteiger partial charge in [0.25, 0.3) is 0 Å². The first-order valence-electron chi connectivity index (χ1n) is 10.5. The molecule has 1 unspecified atom stereocenters. The van der Waals surface area contributed by atoms with Gasteiger partial charge in [0.05, 0.1) is 5.60 Å². The monoisotopic (exact) mass is 350 g/mol. The van der Waals surface area contributed by atoms with Gasteiger partial charge >= 0.3 is 0 Å². The van der Waals surface area contributed by atoms with E-state index in [-0.39, 0.29) is 0 Å². The Hall–Kier alpha value is -1.60. The lowest BCUT2D eigenvalue weighted by molar-refractivity contribution is -0.0222. The summed E-state index contributed by atoms with van der Waals surface area (Å²) in [5.41, 5.74) is 4.56. The maximum Gasteiger partial charge on any atom is 0.0899 e. The van der Waals surface area contributed by atoms with Crippen LogP contribution < -0.4 is 0 Å². The average Bonchev–Trinajstić information content (AvgIpc) is 2.68. The first-order chi connectivity index (χ1) is 12.6. The third kappa shape index (κ3) is 4.57. The van der Waals surface area contributed by atoms with E-state index in [1.54, 1.807) is 0 Å². The lowest BCUT2D eigenvalue weighted by Gasteiger charge is -2.37. The molecule has 1 fully saturated rings. The highest BCUT2D eigenvalue weighted by Crippen LogP contribution is 2.40. The third-order valence-corrected chi connectivity index (χ3v) is 6.21. The highest BCUT2D eigenvalue weighted by molar-refractivity contribution is 5.34. The molecule has 1 N–H and O–H groups in total. The van der Waals surface area contributed by atoms with Gasteiger partial charge < -0.3 is 5.11 Å². The number of rotatable bonds is 7. The Balaban J connectivity index is 1.72. The summed E-state index contributed by atoms with van der Waals surface area (Å²) in [6.45, 7) is 4.27. The van der Waals surface area contributed by atoms with Crippen molar-refractivity contribution < 1.29 is 5.11 Å². The molecule has 2 aromatic rings. The van der Waals surface area contributed by atoms with Crippen LogP contribution in [-0.2, 0) is 24.9 Å². The molecule has 1 heteroatoms. The van der Waals surface area contributed by atoms with Gasteiger partial charge in [-0.3, -0.25) is 0 Å². The standard InChI is InChI=1S/C25H34O/c1-3-9-20-14-16-21(17-15-20)18-19-22-10-7-8-13-24(22)25(2,26)23-11-5-4-6-12-23/h7-8,10,13-17,23,26H,3-6,9,11-12,18-19H2,1-2H3. The van der Waals surface area contributed by atoms with Crippen LogP contribution in [0.3, 0.4) is 0 Å². The van der Waals surface area contributed by atoms with Crippen LogP contribution in [-0.4, -0.2) is 5.11 Å². The van der Waals surface area contributed by atoms with Crippen molar-refractivity contribution in [3.63, 3.8) is 0 Å². The lowest BCUT2D eigenvalue weighted by atomic mass is 9.73. The quantitative estimate of drug-likeness (QED) is 0.629. The molecule has 1 aliphatic carbocycles. The molecule has 26 heavy (non-hydrogen) atoms. The van der Waals surface area contributed by atoms with Crippen LogP contribution in [0, 0.1) is 5.92 Å². The van der Waals surface area contributed by atoms with Crippen LogP contribution in [0.2, 0.25) is 0 Å². The number of aliphatic hydroxyl groups is 1. The van der Waals surface area contributed by atoms with Crippen molar-refractivity contribution in [1.82, 2.24) is 0 Å². The van der Waals surface area contributed by atoms with Gasteiger partial charge in [-0.15, -0.1) is 0 Å². The van der Waals surface area contributed by atoms with Gasteiger partial charge in [0.2, 0.25) is 0 Å². The molecule has 0 aliphatic heterocycles. The number of benzene rings is 2. The van der Waals surface area contributed by atoms with Crippen LogP contribution in [0.1, 0.15) is 74.6 Å². The number of aryl methyl sites for hydroxylation is 3. The first-order valence-corrected chi connectivity index (χ1v) is 10.5. The number of hydrogen-bond donors (Lipinski definition) is 1. The Morgan fingerprint density at radius 1 is 0.846 bits per heavy atom. The fraction of sp³-hybridized carbons (Fsp3) is 0.520. The lowest BCUT2D eigenvalue weighted by Crippen LogP contribution is -2.34. The molecular weight excluding hydrogens is 316 g/mol. The molecule has 0 bridgehead atoms. The van der Waals surface area contributed by atoms with E-state index in [2.05, 4.69) is 55.5 Å². The van der Waals surface area contributed by atoms with Crippen molar-refractivity contribution in [2.24, 2.45) is 5.92 Å². The molecule has 3 rings (SSSR count). The second-order valence-electron chi connectivity index (χ2n) is 8.21. The average molecular weight is 351 g/mol. The summed E-state index contributed by atoms with van der Waals surface area (Å²) in [5, 5.41) is 11.4. The summed E-state index contributed by atoms with van der Waals surface area (Å²) in [7, 11) is 0. The molecule has 0 amide bonds. The fourth-order valence-electron chi connectivity index (χ4n) is 4.56. The van der Waals surface area contributed by atoms with Crippen LogP contribution >= 0.6 is 0 Å². The zero-order valence-electron chi connectivity index (χ0n) is 16.5. The molecule has 0 spiro atoms. The van der Waals surface area contributed by atoms with E-state index in [0.717, 1.165) is 37.7 Å². The summed E-state index contributed by atoms with van der Waals surface area (Å²) >= 11 is 0. The second kappa shape index (κ2) is 8.86. The zero-order valence-corrected chi connectivity index (χ0v) is 16.5. The van der Waals surface area contributed by atoms with Gasteiger partial charge in [-0.05, 0) is 67.2 Å². The van der Waals surface area contributed by atoms with Crippen LogP contribution in [0.5, 0.6) is 0 Å². The van der Waals surface area contributed by atoms with E-state index in [4.69, 9.17) is 0 Å². The summed E-state index contributed by atoms with van der Waals surface area (Å²) in [5.74, 6) is 0.394. The topological polar surface area (TPSA) is 20.2 Å². The summed E-state index contributed by atoms with van der Waals surface area (Å²) in [4.78, 5) is 0. The molecule has 2 aromatic carbocycles. The molecule has 140 valence electrons. The van der Waals surface area contributed by atoms with Gasteiger partial charge in [0.1, 0.15) is 0 Å². The van der Waals surface area contributed by atoms with Gasteiger partial charge in [0.15, 0.2) is 0 Å². The van der Waals surface area contributed by atoms with Crippen molar-refractivity contribution in [2.75, 3.05) is 0 Å². The van der Waals surface area contributed by atoms with Crippen LogP contribution in [0.4, 0.5) is 0 Å². The Morgan fingerprint density at radius 2 is 1.46 bits per heavy atom. The first kappa shape index (κ1) is 19.2. The van der Waals surface area contributed by atoms with Crippen molar-refractivity contribution in [3.05, 3.63) is 70.8 Å². The largest absolute Gasteiger partial charge is 0.385 e. The molecule has 1 nitrogen and oxygen atoms in total. The molecule has 0 radical (unpaired) electrons. The van der Waals surface area contributed by atoms with Crippen molar-refractivity contribution in [1.29, 1.82) is 0 Å².